The molecule has 5 heteroatoms. The third-order valence-electron chi connectivity index (χ3n) is 2.00. The van der Waals surface area contributed by atoms with E-state index in [0.29, 0.717) is 12.5 Å². The quantitative estimate of drug-likeness (QED) is 0.340. The second-order valence-electron chi connectivity index (χ2n) is 3.10. The van der Waals surface area contributed by atoms with E-state index >= 15 is 0 Å². The first-order valence-electron chi connectivity index (χ1n) is 4.87. The van der Waals surface area contributed by atoms with Crippen molar-refractivity contribution < 1.29 is 24.7 Å². The lowest BCUT2D eigenvalue weighted by Gasteiger charge is -2.13. The van der Waals surface area contributed by atoms with Crippen molar-refractivity contribution >= 4 is 6.16 Å². The van der Waals surface area contributed by atoms with Crippen LogP contribution in [0.5, 0.6) is 0 Å². The minimum absolute atomic E-state index is 0.337. The van der Waals surface area contributed by atoms with Gasteiger partial charge in [0.05, 0.1) is 6.61 Å². The topological polar surface area (TPSA) is 67.8 Å². The van der Waals surface area contributed by atoms with Gasteiger partial charge in [-0.2, -0.15) is 0 Å². The van der Waals surface area contributed by atoms with Crippen LogP contribution in [-0.2, 0) is 14.8 Å². The van der Waals surface area contributed by atoms with Gasteiger partial charge in [-0.1, -0.05) is 38.1 Å². The number of rotatable bonds is 8. The predicted octanol–water partition coefficient (Wildman–Crippen LogP) is 1.43. The third-order valence-corrected chi connectivity index (χ3v) is 2.00. The monoisotopic (exact) mass is 205 g/mol. The number of carboxylic acid groups (broad SMARTS) is 1. The largest absolute Gasteiger partial charge is 0.424 e. The van der Waals surface area contributed by atoms with Gasteiger partial charge in [0.15, 0.2) is 0 Å². The third kappa shape index (κ3) is 7.82. The summed E-state index contributed by atoms with van der Waals surface area (Å²) in [5.41, 5.74) is 0. The average Bonchev–Trinajstić information content (AvgIpc) is 2.16. The molecule has 84 valence electrons. The molecule has 0 aliphatic rings. The van der Waals surface area contributed by atoms with Gasteiger partial charge in [-0.3, -0.25) is 0 Å². The molecule has 0 heterocycles. The molecule has 0 aliphatic heterocycles. The van der Waals surface area contributed by atoms with Gasteiger partial charge in [-0.15, -0.1) is 0 Å². The van der Waals surface area contributed by atoms with E-state index in [2.05, 4.69) is 21.7 Å². The van der Waals surface area contributed by atoms with E-state index in [-0.39, 0.29) is 0 Å². The maximum Gasteiger partial charge on any atom is 0.281 e. The van der Waals surface area contributed by atoms with E-state index in [1.165, 1.54) is 0 Å². The second kappa shape index (κ2) is 8.77. The highest BCUT2D eigenvalue weighted by atomic mass is 17.5. The minimum atomic E-state index is -1.76. The minimum Gasteiger partial charge on any atom is -0.424 e. The molecule has 14 heavy (non-hydrogen) atoms. The van der Waals surface area contributed by atoms with Crippen molar-refractivity contribution in [2.75, 3.05) is 6.61 Å². The summed E-state index contributed by atoms with van der Waals surface area (Å²) in [6, 6.07) is 0. The van der Waals surface area contributed by atoms with Crippen LogP contribution in [0.15, 0.2) is 0 Å². The van der Waals surface area contributed by atoms with Crippen molar-refractivity contribution in [3.8, 4) is 0 Å². The molecule has 0 bridgehead atoms. The Morgan fingerprint density at radius 3 is 2.64 bits per heavy atom. The fraction of sp³-hybridized carbons (Fsp3) is 0.889. The van der Waals surface area contributed by atoms with Gasteiger partial charge < -0.3 is 14.8 Å². The molecule has 5 nitrogen and oxygen atoms in total. The van der Waals surface area contributed by atoms with Crippen LogP contribution in [0.3, 0.4) is 0 Å². The van der Waals surface area contributed by atoms with Crippen molar-refractivity contribution in [3.63, 3.8) is 0 Å². The Morgan fingerprint density at radius 2 is 2.14 bits per heavy atom. The molecule has 0 saturated heterocycles. The molecule has 1 unspecified atom stereocenters. The summed E-state index contributed by atoms with van der Waals surface area (Å²) in [5.74, 6) is 0.375. The van der Waals surface area contributed by atoms with Crippen molar-refractivity contribution in [1.82, 2.24) is 0 Å². The van der Waals surface area contributed by atoms with Gasteiger partial charge >= 0.3 is 0 Å². The van der Waals surface area contributed by atoms with Crippen LogP contribution < -0.4 is 5.11 Å². The Bertz CT molecular complexity index is 148. The van der Waals surface area contributed by atoms with Gasteiger partial charge in [-0.05, 0) is 12.3 Å². The lowest BCUT2D eigenvalue weighted by molar-refractivity contribution is -0.511. The maximum atomic E-state index is 9.75. The number of carbonyl (C=O) groups is 1. The zero-order valence-electron chi connectivity index (χ0n) is 8.65. The summed E-state index contributed by atoms with van der Waals surface area (Å²) in [5, 5.41) is 13.7. The van der Waals surface area contributed by atoms with Gasteiger partial charge in [0, 0.05) is 0 Å². The van der Waals surface area contributed by atoms with Crippen LogP contribution in [0, 0.1) is 5.92 Å². The molecule has 0 aromatic rings. The summed E-state index contributed by atoms with van der Waals surface area (Å²) in [6.45, 7) is 4.50. The average molecular weight is 205 g/mol. The van der Waals surface area contributed by atoms with Gasteiger partial charge in [0.1, 0.15) is 0 Å². The van der Waals surface area contributed by atoms with E-state index in [0.717, 1.165) is 25.7 Å². The molecule has 0 N–H and O–H groups in total. The molecule has 1 atom stereocenters. The van der Waals surface area contributed by atoms with Gasteiger partial charge in [0.25, 0.3) is 6.16 Å². The Morgan fingerprint density at radius 1 is 1.43 bits per heavy atom. The summed E-state index contributed by atoms with van der Waals surface area (Å²) in [4.78, 5) is 17.9. The second-order valence-corrected chi connectivity index (χ2v) is 3.10. The molecule has 0 rings (SSSR count). The summed E-state index contributed by atoms with van der Waals surface area (Å²) in [6.07, 6.45) is 2.51. The number of hydrogen-bond acceptors (Lipinski definition) is 5. The molecule has 0 amide bonds. The smallest absolute Gasteiger partial charge is 0.281 e. The first-order valence-corrected chi connectivity index (χ1v) is 4.87. The first kappa shape index (κ1) is 13.2. The Balaban J connectivity index is 3.37. The zero-order valence-corrected chi connectivity index (χ0v) is 8.65. The van der Waals surface area contributed by atoms with Crippen LogP contribution in [0.25, 0.3) is 0 Å². The molecular formula is C9H17O5-. The molecule has 0 aliphatic carbocycles. The van der Waals surface area contributed by atoms with Crippen molar-refractivity contribution in [3.05, 3.63) is 0 Å². The Labute approximate surface area is 83.8 Å². The van der Waals surface area contributed by atoms with E-state index in [1.807, 2.05) is 6.92 Å². The van der Waals surface area contributed by atoms with Crippen LogP contribution >= 0.6 is 0 Å². The van der Waals surface area contributed by atoms with Crippen LogP contribution in [-0.4, -0.2) is 12.8 Å². The molecule has 0 spiro atoms. The molecule has 0 aromatic heterocycles. The number of carbonyl (C=O) groups excluding carboxylic acids is 1. The van der Waals surface area contributed by atoms with Crippen LogP contribution in [0.2, 0.25) is 0 Å². The number of unbranched alkanes of at least 4 members (excludes halogenated alkanes) is 1. The highest BCUT2D eigenvalue weighted by molar-refractivity contribution is 5.52. The lowest BCUT2D eigenvalue weighted by Crippen LogP contribution is -2.24. The van der Waals surface area contributed by atoms with E-state index in [9.17, 15) is 9.90 Å². The maximum absolute atomic E-state index is 9.75. The zero-order chi connectivity index (χ0) is 10.8. The fourth-order valence-corrected chi connectivity index (χ4v) is 1.07. The predicted molar refractivity (Wildman–Crippen MR) is 46.8 cm³/mol. The standard InChI is InChI=1S/C9H18O5/c1-3-5-6-8(4-2)7-12-14-13-9(10)11/h8H,3-7H2,1-2H3,(H,10,11)/p-1. The molecule has 0 radical (unpaired) electrons. The summed E-state index contributed by atoms with van der Waals surface area (Å²) < 4.78 is 0. The first-order chi connectivity index (χ1) is 6.70. The fourth-order valence-electron chi connectivity index (χ4n) is 1.07. The van der Waals surface area contributed by atoms with Gasteiger partial charge in [-0.25, -0.2) is 4.89 Å². The van der Waals surface area contributed by atoms with Crippen molar-refractivity contribution in [2.24, 2.45) is 5.92 Å². The molecule has 0 fully saturated rings. The number of hydrogen-bond donors (Lipinski definition) is 0. The van der Waals surface area contributed by atoms with Crippen LogP contribution in [0.1, 0.15) is 39.5 Å². The molecular weight excluding hydrogens is 188 g/mol. The highest BCUT2D eigenvalue weighted by Crippen LogP contribution is 2.12. The van der Waals surface area contributed by atoms with Gasteiger partial charge in [0.2, 0.25) is 0 Å². The van der Waals surface area contributed by atoms with Crippen molar-refractivity contribution in [1.29, 1.82) is 0 Å². The molecule has 0 aromatic carbocycles. The highest BCUT2D eigenvalue weighted by Gasteiger charge is 2.06. The normalized spacial score (nSPS) is 12.4. The lowest BCUT2D eigenvalue weighted by atomic mass is 10.0. The van der Waals surface area contributed by atoms with E-state index in [4.69, 9.17) is 0 Å². The Hall–Kier alpha value is -0.810. The summed E-state index contributed by atoms with van der Waals surface area (Å²) >= 11 is 0. The van der Waals surface area contributed by atoms with E-state index < -0.39 is 6.16 Å². The van der Waals surface area contributed by atoms with Crippen molar-refractivity contribution in [2.45, 2.75) is 39.5 Å². The van der Waals surface area contributed by atoms with E-state index in [1.54, 1.807) is 0 Å². The summed E-state index contributed by atoms with van der Waals surface area (Å²) in [7, 11) is 0. The SMILES string of the molecule is CCCCC(CC)COOOC(=O)[O-]. The Kier molecular flexibility index (Phi) is 8.27. The molecule has 0 saturated carbocycles. The van der Waals surface area contributed by atoms with Crippen LogP contribution in [0.4, 0.5) is 4.79 Å².